The van der Waals surface area contributed by atoms with Crippen LogP contribution in [0.25, 0.3) is 11.8 Å². The summed E-state index contributed by atoms with van der Waals surface area (Å²) >= 11 is 1.09. The van der Waals surface area contributed by atoms with Gasteiger partial charge in [-0.3, -0.25) is 19.5 Å². The summed E-state index contributed by atoms with van der Waals surface area (Å²) in [6.45, 7) is 1.83. The second-order valence-electron chi connectivity index (χ2n) is 8.71. The van der Waals surface area contributed by atoms with E-state index >= 15 is 0 Å². The van der Waals surface area contributed by atoms with Crippen molar-refractivity contribution in [3.05, 3.63) is 125 Å². The third-order valence-electron chi connectivity index (χ3n) is 6.28. The van der Waals surface area contributed by atoms with E-state index < -0.39 is 33.9 Å². The number of thiazole rings is 1. The Morgan fingerprint density at radius 1 is 1.15 bits per heavy atom. The van der Waals surface area contributed by atoms with E-state index in [1.165, 1.54) is 36.0 Å². The van der Waals surface area contributed by atoms with Gasteiger partial charge in [-0.15, -0.1) is 0 Å². The maximum absolute atomic E-state index is 13.9. The molecule has 40 heavy (non-hydrogen) atoms. The fourth-order valence-corrected chi connectivity index (χ4v) is 5.50. The lowest BCUT2D eigenvalue weighted by Crippen LogP contribution is -2.40. The number of ether oxygens (including phenoxy) is 2. The average molecular weight is 558 g/mol. The number of carbonyl (C=O) groups excluding carboxylic acids is 1. The minimum Gasteiger partial charge on any atom is -0.502 e. The smallest absolute Gasteiger partial charge is 0.338 e. The van der Waals surface area contributed by atoms with Crippen molar-refractivity contribution in [2.75, 3.05) is 13.7 Å². The van der Waals surface area contributed by atoms with Crippen molar-refractivity contribution in [1.29, 1.82) is 0 Å². The van der Waals surface area contributed by atoms with Crippen LogP contribution >= 0.6 is 11.3 Å². The first-order chi connectivity index (χ1) is 19.3. The second kappa shape index (κ2) is 11.0. The predicted molar refractivity (Wildman–Crippen MR) is 149 cm³/mol. The molecule has 1 atom stereocenters. The summed E-state index contributed by atoms with van der Waals surface area (Å²) in [7, 11) is 1.53. The van der Waals surface area contributed by atoms with E-state index in [9.17, 15) is 24.8 Å². The molecule has 11 heteroatoms. The molecule has 0 aliphatic carbocycles. The third-order valence-corrected chi connectivity index (χ3v) is 7.26. The first-order valence-corrected chi connectivity index (χ1v) is 13.0. The fraction of sp³-hybridized carbons (Fsp3) is 0.138. The molecule has 2 heterocycles. The van der Waals surface area contributed by atoms with E-state index in [4.69, 9.17) is 14.5 Å². The molecule has 5 rings (SSSR count). The average Bonchev–Trinajstić information content (AvgIpc) is 3.27. The number of phenolic OH excluding ortho intramolecular Hbond substituents is 1. The molecule has 0 unspecified atom stereocenters. The second-order valence-corrected chi connectivity index (χ2v) is 9.72. The highest BCUT2D eigenvalue weighted by Gasteiger charge is 2.35. The van der Waals surface area contributed by atoms with Crippen LogP contribution in [0, 0.1) is 10.1 Å². The van der Waals surface area contributed by atoms with Crippen LogP contribution in [0.2, 0.25) is 0 Å². The zero-order valence-electron chi connectivity index (χ0n) is 21.4. The van der Waals surface area contributed by atoms with Gasteiger partial charge in [0.05, 0.1) is 40.5 Å². The zero-order valence-corrected chi connectivity index (χ0v) is 22.3. The van der Waals surface area contributed by atoms with Crippen molar-refractivity contribution >= 4 is 34.8 Å². The number of esters is 1. The molecule has 0 saturated heterocycles. The van der Waals surface area contributed by atoms with Crippen molar-refractivity contribution in [2.45, 2.75) is 13.0 Å². The van der Waals surface area contributed by atoms with Gasteiger partial charge >= 0.3 is 11.7 Å². The largest absolute Gasteiger partial charge is 0.502 e. The predicted octanol–water partition coefficient (Wildman–Crippen LogP) is 3.56. The van der Waals surface area contributed by atoms with Crippen LogP contribution in [-0.4, -0.2) is 34.3 Å². The summed E-state index contributed by atoms with van der Waals surface area (Å²) in [4.78, 5) is 43.1. The fourth-order valence-electron chi connectivity index (χ4n) is 4.50. The Bertz CT molecular complexity index is 1840. The number of benzene rings is 3. The monoisotopic (exact) mass is 557 g/mol. The van der Waals surface area contributed by atoms with Gasteiger partial charge in [0.15, 0.2) is 10.6 Å². The van der Waals surface area contributed by atoms with Gasteiger partial charge in [-0.1, -0.05) is 59.9 Å². The molecule has 10 nitrogen and oxygen atoms in total. The molecule has 4 aromatic rings. The lowest BCUT2D eigenvalue weighted by Gasteiger charge is -2.26. The Labute approximate surface area is 231 Å². The molecular weight excluding hydrogens is 534 g/mol. The van der Waals surface area contributed by atoms with Crippen LogP contribution in [-0.2, 0) is 9.53 Å². The van der Waals surface area contributed by atoms with Gasteiger partial charge in [0, 0.05) is 11.6 Å². The topological polar surface area (TPSA) is 133 Å². The number of aromatic nitrogens is 1. The first kappa shape index (κ1) is 26.6. The normalized spacial score (nSPS) is 14.8. The summed E-state index contributed by atoms with van der Waals surface area (Å²) in [6.07, 6.45) is 1.50. The molecule has 3 aromatic carbocycles. The Kier molecular flexibility index (Phi) is 7.30. The molecule has 0 bridgehead atoms. The zero-order chi connectivity index (χ0) is 28.4. The van der Waals surface area contributed by atoms with Crippen molar-refractivity contribution in [2.24, 2.45) is 4.99 Å². The van der Waals surface area contributed by atoms with Crippen LogP contribution in [0.1, 0.15) is 29.7 Å². The molecule has 0 amide bonds. The summed E-state index contributed by atoms with van der Waals surface area (Å²) in [5, 5.41) is 21.2. The molecule has 202 valence electrons. The molecular formula is C29H23N3O7S. The Balaban J connectivity index is 1.82. The van der Waals surface area contributed by atoms with E-state index in [0.717, 1.165) is 11.3 Å². The van der Waals surface area contributed by atoms with Crippen LogP contribution < -0.4 is 19.6 Å². The van der Waals surface area contributed by atoms with Crippen molar-refractivity contribution in [1.82, 2.24) is 4.57 Å². The van der Waals surface area contributed by atoms with Gasteiger partial charge in [0.1, 0.15) is 5.75 Å². The molecule has 0 fully saturated rings. The lowest BCUT2D eigenvalue weighted by atomic mass is 9.93. The van der Waals surface area contributed by atoms with Gasteiger partial charge in [0.2, 0.25) is 0 Å². The van der Waals surface area contributed by atoms with Crippen LogP contribution in [0.5, 0.6) is 11.5 Å². The van der Waals surface area contributed by atoms with Crippen molar-refractivity contribution < 1.29 is 24.3 Å². The number of phenols is 1. The number of fused-ring (bicyclic) bond motifs is 1. The van der Waals surface area contributed by atoms with Crippen LogP contribution in [0.15, 0.2) is 88.2 Å². The van der Waals surface area contributed by atoms with E-state index in [1.54, 1.807) is 31.2 Å². The molecule has 0 radical (unpaired) electrons. The van der Waals surface area contributed by atoms with E-state index in [2.05, 4.69) is 0 Å². The van der Waals surface area contributed by atoms with E-state index in [0.29, 0.717) is 32.9 Å². The maximum atomic E-state index is 13.9. The Hall–Kier alpha value is -5.03. The number of rotatable bonds is 7. The summed E-state index contributed by atoms with van der Waals surface area (Å²) in [5.41, 5.74) is 1.28. The molecule has 1 aliphatic rings. The van der Waals surface area contributed by atoms with Gasteiger partial charge < -0.3 is 14.6 Å². The highest BCUT2D eigenvalue weighted by atomic mass is 32.1. The van der Waals surface area contributed by atoms with Crippen LogP contribution in [0.3, 0.4) is 0 Å². The van der Waals surface area contributed by atoms with Gasteiger partial charge in [-0.25, -0.2) is 9.79 Å². The minimum atomic E-state index is -0.892. The highest BCUT2D eigenvalue weighted by Crippen LogP contribution is 2.36. The molecule has 1 aliphatic heterocycles. The quantitative estimate of drug-likeness (QED) is 0.209. The number of aromatic hydroxyl groups is 1. The number of hydrogen-bond donors (Lipinski definition) is 1. The summed E-state index contributed by atoms with van der Waals surface area (Å²) in [6, 6.07) is 19.2. The van der Waals surface area contributed by atoms with Crippen LogP contribution in [0.4, 0.5) is 5.69 Å². The highest BCUT2D eigenvalue weighted by molar-refractivity contribution is 7.07. The molecule has 0 saturated carbocycles. The molecule has 1 aromatic heterocycles. The van der Waals surface area contributed by atoms with Crippen molar-refractivity contribution in [3.63, 3.8) is 0 Å². The molecule has 0 spiro atoms. The number of nitrogens with zero attached hydrogens (tertiary/aromatic N) is 3. The third kappa shape index (κ3) is 4.90. The first-order valence-electron chi connectivity index (χ1n) is 12.2. The lowest BCUT2D eigenvalue weighted by molar-refractivity contribution is -0.385. The summed E-state index contributed by atoms with van der Waals surface area (Å²) < 4.78 is 12.5. The Morgan fingerprint density at radius 2 is 1.93 bits per heavy atom. The van der Waals surface area contributed by atoms with E-state index in [1.807, 2.05) is 30.3 Å². The van der Waals surface area contributed by atoms with Gasteiger partial charge in [0.25, 0.3) is 5.56 Å². The van der Waals surface area contributed by atoms with E-state index in [-0.39, 0.29) is 16.7 Å². The molecule has 1 N–H and O–H groups in total. The van der Waals surface area contributed by atoms with Gasteiger partial charge in [-0.2, -0.15) is 0 Å². The standard InChI is InChI=1S/C29H23N3O7S/c1-3-39-28(35)24-25(18-8-5-4-6-9-18)30-29-31(26(24)19-10-7-11-20(16-19)38-2)27(34)23(40-29)15-17-12-13-22(33)21(14-17)32(36)37/h4-16,26,33H,3H2,1-2H3/b23-15-/t26-/m1/s1. The maximum Gasteiger partial charge on any atom is 0.338 e. The SMILES string of the molecule is CCOC(=O)C1=C(c2ccccc2)N=c2s/c(=C\c3ccc(O)c([N+](=O)[O-])c3)c(=O)n2[C@@H]1c1cccc(OC)c1. The Morgan fingerprint density at radius 3 is 2.62 bits per heavy atom. The summed E-state index contributed by atoms with van der Waals surface area (Å²) in [5.74, 6) is -0.549. The number of carbonyl (C=O) groups is 1. The number of hydrogen-bond acceptors (Lipinski definition) is 9. The number of nitro groups is 1. The van der Waals surface area contributed by atoms with Crippen molar-refractivity contribution in [3.8, 4) is 11.5 Å². The number of nitro benzene ring substituents is 1. The number of methoxy groups -OCH3 is 1. The minimum absolute atomic E-state index is 0.124. The van der Waals surface area contributed by atoms with Gasteiger partial charge in [-0.05, 0) is 42.3 Å².